The molecule has 16 heavy (non-hydrogen) atoms. The Bertz CT molecular complexity index is 583. The van der Waals surface area contributed by atoms with Gasteiger partial charge in [-0.1, -0.05) is 15.9 Å². The summed E-state index contributed by atoms with van der Waals surface area (Å²) in [6, 6.07) is 3.93. The first-order valence-corrected chi connectivity index (χ1v) is 5.96. The van der Waals surface area contributed by atoms with E-state index in [0.29, 0.717) is 6.04 Å². The molecule has 0 saturated heterocycles. The van der Waals surface area contributed by atoms with E-state index in [1.54, 1.807) is 23.0 Å². The predicted molar refractivity (Wildman–Crippen MR) is 63.8 cm³/mol. The van der Waals surface area contributed by atoms with Gasteiger partial charge < -0.3 is 0 Å². The number of halogens is 1. The molecule has 0 atom stereocenters. The Kier molecular flexibility index (Phi) is 2.21. The van der Waals surface area contributed by atoms with Crippen LogP contribution in [0.3, 0.4) is 0 Å². The molecule has 4 nitrogen and oxygen atoms in total. The zero-order valence-electron chi connectivity index (χ0n) is 8.51. The van der Waals surface area contributed by atoms with Gasteiger partial charge in [0.1, 0.15) is 0 Å². The van der Waals surface area contributed by atoms with Crippen LogP contribution in [-0.2, 0) is 0 Å². The Morgan fingerprint density at radius 2 is 2.25 bits per heavy atom. The second-order valence-electron chi connectivity index (χ2n) is 3.96. The van der Waals surface area contributed by atoms with Crippen molar-refractivity contribution >= 4 is 15.9 Å². The van der Waals surface area contributed by atoms with Crippen molar-refractivity contribution in [1.82, 2.24) is 14.3 Å². The van der Waals surface area contributed by atoms with Gasteiger partial charge >= 0.3 is 0 Å². The van der Waals surface area contributed by atoms with Crippen LogP contribution in [0.1, 0.15) is 18.9 Å². The Morgan fingerprint density at radius 3 is 2.94 bits per heavy atom. The SMILES string of the molecule is O=c1cc(Br)ccn1-c1cnn(C2CC2)c1. The van der Waals surface area contributed by atoms with Crippen molar-refractivity contribution in [3.63, 3.8) is 0 Å². The summed E-state index contributed by atoms with van der Waals surface area (Å²) in [5.74, 6) is 0. The standard InChI is InChI=1S/C11H10BrN3O/c12-8-3-4-14(11(16)5-8)10-6-13-15(7-10)9-1-2-9/h3-7,9H,1-2H2. The van der Waals surface area contributed by atoms with E-state index in [2.05, 4.69) is 21.0 Å². The Morgan fingerprint density at radius 1 is 1.44 bits per heavy atom. The van der Waals surface area contributed by atoms with Gasteiger partial charge in [-0.25, -0.2) is 0 Å². The Labute approximate surface area is 101 Å². The normalized spacial score (nSPS) is 15.3. The third-order valence-corrected chi connectivity index (χ3v) is 3.16. The number of hydrogen-bond acceptors (Lipinski definition) is 2. The van der Waals surface area contributed by atoms with Crippen molar-refractivity contribution < 1.29 is 0 Å². The molecular weight excluding hydrogens is 270 g/mol. The fourth-order valence-corrected chi connectivity index (χ4v) is 1.97. The van der Waals surface area contributed by atoms with Crippen molar-refractivity contribution in [3.8, 4) is 5.69 Å². The molecule has 0 unspecified atom stereocenters. The Balaban J connectivity index is 2.03. The molecule has 1 aliphatic carbocycles. The van der Waals surface area contributed by atoms with Crippen LogP contribution < -0.4 is 5.56 Å². The van der Waals surface area contributed by atoms with Crippen LogP contribution in [0, 0.1) is 0 Å². The van der Waals surface area contributed by atoms with Gasteiger partial charge in [0.2, 0.25) is 0 Å². The summed E-state index contributed by atoms with van der Waals surface area (Å²) in [5.41, 5.74) is 0.772. The summed E-state index contributed by atoms with van der Waals surface area (Å²) in [7, 11) is 0. The van der Waals surface area contributed by atoms with E-state index in [4.69, 9.17) is 0 Å². The molecule has 82 valence electrons. The highest BCUT2D eigenvalue weighted by molar-refractivity contribution is 9.10. The first-order valence-electron chi connectivity index (χ1n) is 5.17. The number of hydrogen-bond donors (Lipinski definition) is 0. The highest BCUT2D eigenvalue weighted by Gasteiger charge is 2.24. The van der Waals surface area contributed by atoms with Gasteiger partial charge in [-0.2, -0.15) is 5.10 Å². The molecule has 0 bridgehead atoms. The van der Waals surface area contributed by atoms with Gasteiger partial charge in [0.05, 0.1) is 17.9 Å². The molecule has 1 saturated carbocycles. The smallest absolute Gasteiger partial charge is 0.256 e. The van der Waals surface area contributed by atoms with Crippen molar-refractivity contribution in [2.45, 2.75) is 18.9 Å². The first kappa shape index (κ1) is 9.84. The third-order valence-electron chi connectivity index (χ3n) is 2.67. The molecule has 3 rings (SSSR count). The second kappa shape index (κ2) is 3.59. The van der Waals surface area contributed by atoms with Crippen LogP contribution in [-0.4, -0.2) is 14.3 Å². The monoisotopic (exact) mass is 279 g/mol. The third kappa shape index (κ3) is 1.71. The predicted octanol–water partition coefficient (Wildman–Crippen LogP) is 2.13. The molecule has 2 heterocycles. The van der Waals surface area contributed by atoms with Gasteiger partial charge in [0.25, 0.3) is 5.56 Å². The summed E-state index contributed by atoms with van der Waals surface area (Å²) in [5, 5.41) is 4.26. The van der Waals surface area contributed by atoms with Crippen molar-refractivity contribution in [2.24, 2.45) is 0 Å². The molecule has 0 spiro atoms. The summed E-state index contributed by atoms with van der Waals surface area (Å²) in [4.78, 5) is 11.7. The van der Waals surface area contributed by atoms with Gasteiger partial charge in [-0.15, -0.1) is 0 Å². The highest BCUT2D eigenvalue weighted by Crippen LogP contribution is 2.34. The molecule has 2 aromatic rings. The zero-order valence-corrected chi connectivity index (χ0v) is 10.1. The molecule has 2 aromatic heterocycles. The number of nitrogens with zero attached hydrogens (tertiary/aromatic N) is 3. The number of rotatable bonds is 2. The molecular formula is C11H10BrN3O. The minimum Gasteiger partial charge on any atom is -0.281 e. The highest BCUT2D eigenvalue weighted by atomic mass is 79.9. The minimum atomic E-state index is -0.0512. The quantitative estimate of drug-likeness (QED) is 0.845. The Hall–Kier alpha value is -1.36. The maximum atomic E-state index is 11.7. The molecule has 0 amide bonds. The summed E-state index contributed by atoms with van der Waals surface area (Å²) >= 11 is 3.27. The average Bonchev–Trinajstić information content (AvgIpc) is 2.98. The molecule has 1 fully saturated rings. The fourth-order valence-electron chi connectivity index (χ4n) is 1.66. The van der Waals surface area contributed by atoms with Gasteiger partial charge in [-0.05, 0) is 18.9 Å². The van der Waals surface area contributed by atoms with E-state index < -0.39 is 0 Å². The summed E-state index contributed by atoms with van der Waals surface area (Å²) in [6.45, 7) is 0. The minimum absolute atomic E-state index is 0.0512. The summed E-state index contributed by atoms with van der Waals surface area (Å²) in [6.07, 6.45) is 7.79. The van der Waals surface area contributed by atoms with Crippen molar-refractivity contribution in [3.05, 3.63) is 45.5 Å². The lowest BCUT2D eigenvalue weighted by atomic mass is 10.4. The van der Waals surface area contributed by atoms with E-state index in [0.717, 1.165) is 10.2 Å². The lowest BCUT2D eigenvalue weighted by Gasteiger charge is -2.01. The van der Waals surface area contributed by atoms with E-state index in [1.807, 2.05) is 16.9 Å². The van der Waals surface area contributed by atoms with Crippen LogP contribution in [0.2, 0.25) is 0 Å². The second-order valence-corrected chi connectivity index (χ2v) is 4.88. The van der Waals surface area contributed by atoms with Gasteiger partial charge in [0.15, 0.2) is 0 Å². The number of pyridine rings is 1. The van der Waals surface area contributed by atoms with Crippen LogP contribution in [0.4, 0.5) is 0 Å². The van der Waals surface area contributed by atoms with Gasteiger partial charge in [0, 0.05) is 22.9 Å². The molecule has 0 N–H and O–H groups in total. The van der Waals surface area contributed by atoms with Crippen LogP contribution in [0.15, 0.2) is 40.0 Å². The lowest BCUT2D eigenvalue weighted by Crippen LogP contribution is -2.15. The van der Waals surface area contributed by atoms with E-state index in [9.17, 15) is 4.79 Å². The molecule has 0 aliphatic heterocycles. The van der Waals surface area contributed by atoms with Crippen molar-refractivity contribution in [1.29, 1.82) is 0 Å². The van der Waals surface area contributed by atoms with E-state index in [1.165, 1.54) is 12.8 Å². The molecule has 1 aliphatic rings. The fraction of sp³-hybridized carbons (Fsp3) is 0.273. The van der Waals surface area contributed by atoms with Crippen LogP contribution >= 0.6 is 15.9 Å². The number of aromatic nitrogens is 3. The van der Waals surface area contributed by atoms with Crippen molar-refractivity contribution in [2.75, 3.05) is 0 Å². The average molecular weight is 280 g/mol. The maximum Gasteiger partial charge on any atom is 0.256 e. The van der Waals surface area contributed by atoms with Gasteiger partial charge in [-0.3, -0.25) is 14.0 Å². The van der Waals surface area contributed by atoms with E-state index >= 15 is 0 Å². The molecule has 0 aromatic carbocycles. The van der Waals surface area contributed by atoms with Crippen LogP contribution in [0.5, 0.6) is 0 Å². The zero-order chi connectivity index (χ0) is 11.1. The topological polar surface area (TPSA) is 39.8 Å². The largest absolute Gasteiger partial charge is 0.281 e. The van der Waals surface area contributed by atoms with E-state index in [-0.39, 0.29) is 5.56 Å². The molecule has 5 heteroatoms. The molecule has 0 radical (unpaired) electrons. The summed E-state index contributed by atoms with van der Waals surface area (Å²) < 4.78 is 4.32. The lowest BCUT2D eigenvalue weighted by molar-refractivity contribution is 0.641. The van der Waals surface area contributed by atoms with Crippen LogP contribution in [0.25, 0.3) is 5.69 Å². The first-order chi connectivity index (χ1) is 7.74. The maximum absolute atomic E-state index is 11.7.